The first-order valence-corrected chi connectivity index (χ1v) is 9.16. The van der Waals surface area contributed by atoms with E-state index in [-0.39, 0.29) is 17.7 Å². The van der Waals surface area contributed by atoms with Crippen molar-refractivity contribution in [1.29, 1.82) is 0 Å². The number of aliphatic hydroxyl groups is 1. The molecule has 2 aliphatic heterocycles. The Hall–Kier alpha value is -2.73. The van der Waals surface area contributed by atoms with E-state index in [2.05, 4.69) is 15.3 Å². The van der Waals surface area contributed by atoms with Crippen LogP contribution in [0.2, 0.25) is 0 Å². The molecular weight excluding hydrogens is 432 g/mol. The maximum Gasteiger partial charge on any atom is 0.451 e. The number of alkyl halides is 6. The van der Waals surface area contributed by atoms with Gasteiger partial charge in [-0.25, -0.2) is 9.97 Å². The SMILES string of the molecule is O=C(Nc1cccc(C(F)(F)F)c1)C1C2CC(O)C(O2)C1c1cnc(C(F)(F)F)nc1. The molecule has 3 heterocycles. The summed E-state index contributed by atoms with van der Waals surface area (Å²) in [6, 6.07) is 4.05. The average molecular weight is 447 g/mol. The third kappa shape index (κ3) is 4.09. The van der Waals surface area contributed by atoms with Crippen LogP contribution in [0.3, 0.4) is 0 Å². The number of anilines is 1. The summed E-state index contributed by atoms with van der Waals surface area (Å²) < 4.78 is 82.6. The highest BCUT2D eigenvalue weighted by Gasteiger charge is 2.57. The average Bonchev–Trinajstić information content (AvgIpc) is 3.24. The lowest BCUT2D eigenvalue weighted by molar-refractivity contribution is -0.145. The zero-order valence-electron chi connectivity index (χ0n) is 15.5. The van der Waals surface area contributed by atoms with Crippen molar-refractivity contribution in [1.82, 2.24) is 9.97 Å². The third-order valence-corrected chi connectivity index (χ3v) is 5.40. The molecule has 0 saturated carbocycles. The molecule has 2 saturated heterocycles. The van der Waals surface area contributed by atoms with E-state index in [0.29, 0.717) is 0 Å². The number of nitrogens with zero attached hydrogens (tertiary/aromatic N) is 2. The Labute approximate surface area is 171 Å². The maximum atomic E-state index is 12.9. The number of halogens is 6. The van der Waals surface area contributed by atoms with Crippen LogP contribution in [0.4, 0.5) is 32.0 Å². The van der Waals surface area contributed by atoms with Crippen LogP contribution < -0.4 is 5.32 Å². The van der Waals surface area contributed by atoms with Crippen molar-refractivity contribution in [2.24, 2.45) is 5.92 Å². The molecule has 1 aromatic carbocycles. The molecule has 2 N–H and O–H groups in total. The lowest BCUT2D eigenvalue weighted by Gasteiger charge is -2.29. The standard InChI is InChI=1S/C19H15F6N3O3/c20-18(21,22)9-2-1-3-10(4-9)28-16(30)14-12-5-11(29)15(31-12)13(14)8-6-26-17(27-7-8)19(23,24)25/h1-4,6-7,11-15,29H,5H2,(H,28,30). The number of ether oxygens (including phenoxy) is 1. The Morgan fingerprint density at radius 2 is 1.77 bits per heavy atom. The molecule has 2 aromatic rings. The number of carbonyl (C=O) groups excluding carboxylic acids is 1. The fourth-order valence-corrected chi connectivity index (χ4v) is 4.10. The number of amides is 1. The minimum atomic E-state index is -4.75. The minimum Gasteiger partial charge on any atom is -0.390 e. The molecular formula is C19H15F6N3O3. The van der Waals surface area contributed by atoms with Gasteiger partial charge in [0.1, 0.15) is 0 Å². The Morgan fingerprint density at radius 3 is 2.39 bits per heavy atom. The molecule has 0 aliphatic carbocycles. The van der Waals surface area contributed by atoms with E-state index >= 15 is 0 Å². The van der Waals surface area contributed by atoms with Crippen LogP contribution in [0.5, 0.6) is 0 Å². The van der Waals surface area contributed by atoms with Crippen molar-refractivity contribution >= 4 is 11.6 Å². The topological polar surface area (TPSA) is 84.3 Å². The molecule has 2 fully saturated rings. The van der Waals surface area contributed by atoms with Gasteiger partial charge in [-0.05, 0) is 23.8 Å². The van der Waals surface area contributed by atoms with Crippen LogP contribution in [0.25, 0.3) is 0 Å². The molecule has 12 heteroatoms. The highest BCUT2D eigenvalue weighted by atomic mass is 19.4. The molecule has 2 bridgehead atoms. The zero-order chi connectivity index (χ0) is 22.6. The zero-order valence-corrected chi connectivity index (χ0v) is 15.5. The van der Waals surface area contributed by atoms with Crippen molar-refractivity contribution < 1.29 is 41.0 Å². The summed E-state index contributed by atoms with van der Waals surface area (Å²) in [5.74, 6) is -3.85. The van der Waals surface area contributed by atoms with Crippen LogP contribution in [0.1, 0.15) is 29.3 Å². The molecule has 1 amide bonds. The molecule has 0 radical (unpaired) electrons. The smallest absolute Gasteiger partial charge is 0.390 e. The number of hydrogen-bond acceptors (Lipinski definition) is 5. The van der Waals surface area contributed by atoms with E-state index in [9.17, 15) is 36.2 Å². The number of aliphatic hydroxyl groups excluding tert-OH is 1. The van der Waals surface area contributed by atoms with Crippen molar-refractivity contribution in [2.75, 3.05) is 5.32 Å². The van der Waals surface area contributed by atoms with Gasteiger partial charge in [-0.3, -0.25) is 4.79 Å². The van der Waals surface area contributed by atoms with Gasteiger partial charge in [-0.1, -0.05) is 6.07 Å². The lowest BCUT2D eigenvalue weighted by Crippen LogP contribution is -2.41. The summed E-state index contributed by atoms with van der Waals surface area (Å²) in [5, 5.41) is 12.6. The Balaban J connectivity index is 1.60. The van der Waals surface area contributed by atoms with Crippen LogP contribution in [0.15, 0.2) is 36.7 Å². The van der Waals surface area contributed by atoms with Gasteiger partial charge in [0, 0.05) is 30.4 Å². The van der Waals surface area contributed by atoms with Gasteiger partial charge in [0.2, 0.25) is 11.7 Å². The second-order valence-electron chi connectivity index (χ2n) is 7.40. The predicted molar refractivity (Wildman–Crippen MR) is 92.6 cm³/mol. The molecule has 166 valence electrons. The summed E-state index contributed by atoms with van der Waals surface area (Å²) in [6.07, 6.45) is -9.97. The van der Waals surface area contributed by atoms with E-state index in [4.69, 9.17) is 4.74 Å². The second kappa shape index (κ2) is 7.45. The molecule has 4 rings (SSSR count). The first-order chi connectivity index (χ1) is 14.4. The van der Waals surface area contributed by atoms with E-state index in [1.165, 1.54) is 6.07 Å². The first-order valence-electron chi connectivity index (χ1n) is 9.16. The Morgan fingerprint density at radius 1 is 1.10 bits per heavy atom. The van der Waals surface area contributed by atoms with E-state index < -0.39 is 59.8 Å². The highest BCUT2D eigenvalue weighted by molar-refractivity contribution is 5.94. The summed E-state index contributed by atoms with van der Waals surface area (Å²) in [6.45, 7) is 0. The van der Waals surface area contributed by atoms with E-state index in [1.807, 2.05) is 0 Å². The number of fused-ring (bicyclic) bond motifs is 2. The van der Waals surface area contributed by atoms with Gasteiger partial charge in [0.25, 0.3) is 0 Å². The largest absolute Gasteiger partial charge is 0.451 e. The minimum absolute atomic E-state index is 0.0921. The van der Waals surface area contributed by atoms with Gasteiger partial charge in [-0.2, -0.15) is 26.3 Å². The molecule has 2 aliphatic rings. The number of benzene rings is 1. The quantitative estimate of drug-likeness (QED) is 0.705. The van der Waals surface area contributed by atoms with Crippen molar-refractivity contribution in [2.45, 2.75) is 43.0 Å². The van der Waals surface area contributed by atoms with Gasteiger partial charge in [0.05, 0.1) is 29.8 Å². The maximum absolute atomic E-state index is 12.9. The summed E-state index contributed by atoms with van der Waals surface area (Å²) in [5.41, 5.74) is -0.883. The number of nitrogens with one attached hydrogen (secondary N) is 1. The van der Waals surface area contributed by atoms with Crippen LogP contribution in [-0.2, 0) is 21.9 Å². The summed E-state index contributed by atoms with van der Waals surface area (Å²) in [7, 11) is 0. The van der Waals surface area contributed by atoms with Gasteiger partial charge in [0.15, 0.2) is 0 Å². The third-order valence-electron chi connectivity index (χ3n) is 5.40. The highest BCUT2D eigenvalue weighted by Crippen LogP contribution is 2.49. The fourth-order valence-electron chi connectivity index (χ4n) is 4.10. The molecule has 5 atom stereocenters. The Bertz CT molecular complexity index is 979. The van der Waals surface area contributed by atoms with Gasteiger partial charge in [-0.15, -0.1) is 0 Å². The monoisotopic (exact) mass is 447 g/mol. The molecule has 6 nitrogen and oxygen atoms in total. The fraction of sp³-hybridized carbons (Fsp3) is 0.421. The van der Waals surface area contributed by atoms with Crippen LogP contribution in [-0.4, -0.2) is 39.3 Å². The van der Waals surface area contributed by atoms with Crippen molar-refractivity contribution in [3.8, 4) is 0 Å². The van der Waals surface area contributed by atoms with Crippen molar-refractivity contribution in [3.63, 3.8) is 0 Å². The summed E-state index contributed by atoms with van der Waals surface area (Å²) >= 11 is 0. The molecule has 31 heavy (non-hydrogen) atoms. The Kier molecular flexibility index (Phi) is 5.16. The van der Waals surface area contributed by atoms with Gasteiger partial charge >= 0.3 is 12.4 Å². The number of carbonyl (C=O) groups is 1. The number of rotatable bonds is 3. The molecule has 0 spiro atoms. The normalized spacial score (nSPS) is 28.0. The molecule has 1 aromatic heterocycles. The van der Waals surface area contributed by atoms with Gasteiger partial charge < -0.3 is 15.2 Å². The number of aromatic nitrogens is 2. The first kappa shape index (κ1) is 21.5. The van der Waals surface area contributed by atoms with Crippen LogP contribution in [0, 0.1) is 5.92 Å². The molecule has 5 unspecified atom stereocenters. The lowest BCUT2D eigenvalue weighted by atomic mass is 9.74. The van der Waals surface area contributed by atoms with E-state index in [0.717, 1.165) is 30.6 Å². The predicted octanol–water partition coefficient (Wildman–Crippen LogP) is 3.38. The van der Waals surface area contributed by atoms with Crippen LogP contribution >= 0.6 is 0 Å². The van der Waals surface area contributed by atoms with E-state index in [1.54, 1.807) is 0 Å². The second-order valence-corrected chi connectivity index (χ2v) is 7.40. The number of hydrogen-bond donors (Lipinski definition) is 2. The van der Waals surface area contributed by atoms with Crippen molar-refractivity contribution in [3.05, 3.63) is 53.6 Å². The summed E-state index contributed by atoms with van der Waals surface area (Å²) in [4.78, 5) is 19.5.